The van der Waals surface area contributed by atoms with Crippen LogP contribution in [-0.4, -0.2) is 49.8 Å². The second kappa shape index (κ2) is 6.58. The van der Waals surface area contributed by atoms with Gasteiger partial charge < -0.3 is 5.32 Å². The molecule has 1 aromatic carbocycles. The number of rotatable bonds is 4. The summed E-state index contributed by atoms with van der Waals surface area (Å²) in [7, 11) is -2.20. The van der Waals surface area contributed by atoms with E-state index in [4.69, 9.17) is 11.6 Å². The molecule has 21 heavy (non-hydrogen) atoms. The molecule has 0 bridgehead atoms. The monoisotopic (exact) mass is 335 g/mol. The van der Waals surface area contributed by atoms with Gasteiger partial charge in [0.1, 0.15) is 5.82 Å². The van der Waals surface area contributed by atoms with Crippen LogP contribution in [0.2, 0.25) is 5.02 Å². The molecule has 1 aromatic rings. The normalized spacial score (nSPS) is 20.9. The van der Waals surface area contributed by atoms with Gasteiger partial charge in [0.2, 0.25) is 0 Å². The first-order chi connectivity index (χ1) is 9.84. The molecule has 2 rings (SSSR count). The van der Waals surface area contributed by atoms with Crippen molar-refractivity contribution >= 4 is 21.8 Å². The first-order valence-corrected chi connectivity index (χ1v) is 8.48. The van der Waals surface area contributed by atoms with Crippen molar-refractivity contribution in [1.29, 1.82) is 0 Å². The van der Waals surface area contributed by atoms with Gasteiger partial charge in [-0.2, -0.15) is 17.0 Å². The van der Waals surface area contributed by atoms with Crippen LogP contribution >= 0.6 is 11.6 Å². The maximum absolute atomic E-state index is 13.8. The third-order valence-corrected chi connectivity index (χ3v) is 5.98. The lowest BCUT2D eigenvalue weighted by Crippen LogP contribution is -2.55. The molecule has 1 heterocycles. The lowest BCUT2D eigenvalue weighted by atomic mass is 10.2. The van der Waals surface area contributed by atoms with E-state index in [0.717, 1.165) is 4.31 Å². The summed E-state index contributed by atoms with van der Waals surface area (Å²) >= 11 is 5.95. The summed E-state index contributed by atoms with van der Waals surface area (Å²) in [5.41, 5.74) is 0.188. The molecule has 0 saturated carbocycles. The number of nitrogens with one attached hydrogen (secondary N) is 1. The molecule has 5 nitrogen and oxygen atoms in total. The maximum atomic E-state index is 13.8. The molecule has 1 N–H and O–H groups in total. The summed E-state index contributed by atoms with van der Waals surface area (Å²) in [6, 6.07) is 4.18. The van der Waals surface area contributed by atoms with Crippen LogP contribution in [0, 0.1) is 5.82 Å². The molecule has 0 aliphatic carbocycles. The van der Waals surface area contributed by atoms with E-state index in [1.807, 2.05) is 6.92 Å². The van der Waals surface area contributed by atoms with Gasteiger partial charge in [-0.25, -0.2) is 4.39 Å². The summed E-state index contributed by atoms with van der Waals surface area (Å²) in [4.78, 5) is 0. The molecular formula is C13H19ClFN3O2S. The zero-order valence-electron chi connectivity index (χ0n) is 12.0. The van der Waals surface area contributed by atoms with E-state index in [9.17, 15) is 12.8 Å². The summed E-state index contributed by atoms with van der Waals surface area (Å²) in [5.74, 6) is -0.502. The molecule has 1 aliphatic heterocycles. The van der Waals surface area contributed by atoms with E-state index < -0.39 is 16.0 Å². The smallest absolute Gasteiger partial charge is 0.282 e. The van der Waals surface area contributed by atoms with Crippen LogP contribution in [0.15, 0.2) is 18.2 Å². The van der Waals surface area contributed by atoms with Crippen molar-refractivity contribution in [1.82, 2.24) is 13.9 Å². The fourth-order valence-corrected chi connectivity index (χ4v) is 4.06. The molecule has 0 radical (unpaired) electrons. The van der Waals surface area contributed by atoms with Crippen LogP contribution in [0.3, 0.4) is 0 Å². The van der Waals surface area contributed by atoms with E-state index in [2.05, 4.69) is 5.32 Å². The lowest BCUT2D eigenvalue weighted by molar-refractivity contribution is 0.262. The van der Waals surface area contributed by atoms with Gasteiger partial charge in [-0.3, -0.25) is 0 Å². The quantitative estimate of drug-likeness (QED) is 0.906. The molecule has 0 amide bonds. The molecule has 1 unspecified atom stereocenters. The van der Waals surface area contributed by atoms with Crippen molar-refractivity contribution in [3.05, 3.63) is 34.6 Å². The third-order valence-electron chi connectivity index (χ3n) is 3.57. The fourth-order valence-electron chi connectivity index (χ4n) is 2.33. The van der Waals surface area contributed by atoms with Crippen LogP contribution in [0.1, 0.15) is 12.5 Å². The molecule has 1 aliphatic rings. The van der Waals surface area contributed by atoms with Gasteiger partial charge in [-0.05, 0) is 19.1 Å². The average Bonchev–Trinajstić information content (AvgIpc) is 2.43. The highest BCUT2D eigenvalue weighted by molar-refractivity contribution is 7.86. The molecule has 1 atom stereocenters. The zero-order chi connectivity index (χ0) is 15.6. The van der Waals surface area contributed by atoms with Crippen molar-refractivity contribution in [3.63, 3.8) is 0 Å². The third kappa shape index (κ3) is 3.54. The zero-order valence-corrected chi connectivity index (χ0v) is 13.6. The molecule has 0 spiro atoms. The van der Waals surface area contributed by atoms with E-state index in [0.29, 0.717) is 19.6 Å². The van der Waals surface area contributed by atoms with Crippen LogP contribution in [0.25, 0.3) is 0 Å². The molecule has 118 valence electrons. The average molecular weight is 336 g/mol. The van der Waals surface area contributed by atoms with Crippen molar-refractivity contribution in [2.75, 3.05) is 26.7 Å². The highest BCUT2D eigenvalue weighted by atomic mass is 35.5. The van der Waals surface area contributed by atoms with Crippen molar-refractivity contribution in [2.24, 2.45) is 0 Å². The van der Waals surface area contributed by atoms with E-state index >= 15 is 0 Å². The predicted molar refractivity (Wildman–Crippen MR) is 80.8 cm³/mol. The molecule has 1 saturated heterocycles. The molecule has 0 aromatic heterocycles. The summed E-state index contributed by atoms with van der Waals surface area (Å²) in [5, 5.41) is 3.36. The summed E-state index contributed by atoms with van der Waals surface area (Å²) < 4.78 is 41.5. The Kier molecular flexibility index (Phi) is 5.21. The van der Waals surface area contributed by atoms with Crippen LogP contribution in [0.4, 0.5) is 4.39 Å². The van der Waals surface area contributed by atoms with Crippen LogP contribution in [0.5, 0.6) is 0 Å². The minimum Gasteiger partial charge on any atom is -0.314 e. The number of nitrogens with zero attached hydrogens (tertiary/aromatic N) is 2. The first-order valence-electron chi connectivity index (χ1n) is 6.70. The highest BCUT2D eigenvalue weighted by Gasteiger charge is 2.33. The number of piperazine rings is 1. The summed E-state index contributed by atoms with van der Waals surface area (Å²) in [6.45, 7) is 3.36. The minimum absolute atomic E-state index is 0.0928. The Morgan fingerprint density at radius 2 is 2.24 bits per heavy atom. The first kappa shape index (κ1) is 16.6. The Morgan fingerprint density at radius 3 is 2.86 bits per heavy atom. The van der Waals surface area contributed by atoms with Crippen LogP contribution in [-0.2, 0) is 16.8 Å². The van der Waals surface area contributed by atoms with Crippen molar-refractivity contribution in [2.45, 2.75) is 19.5 Å². The summed E-state index contributed by atoms with van der Waals surface area (Å²) in [6.07, 6.45) is 0. The Labute approximate surface area is 129 Å². The Hall–Kier alpha value is -0.730. The van der Waals surface area contributed by atoms with Gasteiger partial charge in [0.15, 0.2) is 0 Å². The Bertz CT molecular complexity index is 591. The van der Waals surface area contributed by atoms with Gasteiger partial charge in [0.25, 0.3) is 10.2 Å². The minimum atomic E-state index is -3.64. The van der Waals surface area contributed by atoms with Gasteiger partial charge in [-0.15, -0.1) is 0 Å². The van der Waals surface area contributed by atoms with Crippen molar-refractivity contribution in [3.8, 4) is 0 Å². The van der Waals surface area contributed by atoms with Crippen LogP contribution < -0.4 is 5.32 Å². The Morgan fingerprint density at radius 1 is 1.52 bits per heavy atom. The fraction of sp³-hybridized carbons (Fsp3) is 0.538. The second-order valence-electron chi connectivity index (χ2n) is 5.13. The van der Waals surface area contributed by atoms with Gasteiger partial charge in [0, 0.05) is 49.9 Å². The van der Waals surface area contributed by atoms with Gasteiger partial charge >= 0.3 is 0 Å². The highest BCUT2D eigenvalue weighted by Crippen LogP contribution is 2.23. The molecular weight excluding hydrogens is 317 g/mol. The van der Waals surface area contributed by atoms with Gasteiger partial charge in [0.05, 0.1) is 0 Å². The number of hydrogen-bond donors (Lipinski definition) is 1. The maximum Gasteiger partial charge on any atom is 0.282 e. The molecule has 8 heteroatoms. The number of halogens is 2. The van der Waals surface area contributed by atoms with E-state index in [1.54, 1.807) is 6.07 Å². The van der Waals surface area contributed by atoms with E-state index in [1.165, 1.54) is 23.5 Å². The van der Waals surface area contributed by atoms with Gasteiger partial charge in [-0.1, -0.05) is 17.7 Å². The number of hydrogen-bond acceptors (Lipinski definition) is 3. The second-order valence-corrected chi connectivity index (χ2v) is 7.52. The van der Waals surface area contributed by atoms with E-state index in [-0.39, 0.29) is 23.2 Å². The Balaban J connectivity index is 2.20. The van der Waals surface area contributed by atoms with Crippen molar-refractivity contribution < 1.29 is 12.8 Å². The largest absolute Gasteiger partial charge is 0.314 e. The standard InChI is InChI=1S/C13H19ClFN3O2S/c1-10-8-16-6-7-18(10)21(19,20)17(2)9-11-12(14)4-3-5-13(11)15/h3-5,10,16H,6-9H2,1-2H3. The lowest BCUT2D eigenvalue weighted by Gasteiger charge is -2.35. The topological polar surface area (TPSA) is 52.7 Å². The predicted octanol–water partition coefficient (Wildman–Crippen LogP) is 1.45. The SMILES string of the molecule is CC1CNCCN1S(=O)(=O)N(C)Cc1c(F)cccc1Cl. The molecule has 1 fully saturated rings. The number of benzene rings is 1.